The van der Waals surface area contributed by atoms with Crippen LogP contribution in [0.3, 0.4) is 0 Å². The minimum Gasteiger partial charge on any atom is -0.477 e. The lowest BCUT2D eigenvalue weighted by Crippen LogP contribution is -2.30. The monoisotopic (exact) mass is 273 g/mol. The van der Waals surface area contributed by atoms with Gasteiger partial charge < -0.3 is 14.7 Å². The summed E-state index contributed by atoms with van der Waals surface area (Å²) in [6.07, 6.45) is 0. The number of carbonyl (C=O) groups excluding carboxylic acids is 1. The molecule has 2 heterocycles. The Bertz CT molecular complexity index is 430. The van der Waals surface area contributed by atoms with Crippen LogP contribution in [0.2, 0.25) is 0 Å². The molecule has 0 spiro atoms. The van der Waals surface area contributed by atoms with Gasteiger partial charge in [0.2, 0.25) is 0 Å². The van der Waals surface area contributed by atoms with Crippen molar-refractivity contribution in [2.75, 3.05) is 18.9 Å². The first kappa shape index (κ1) is 12.4. The molecule has 0 unspecified atom stereocenters. The van der Waals surface area contributed by atoms with Crippen molar-refractivity contribution in [3.8, 4) is 0 Å². The fourth-order valence-electron chi connectivity index (χ4n) is 1.56. The maximum atomic E-state index is 11.7. The van der Waals surface area contributed by atoms with E-state index >= 15 is 0 Å². The van der Waals surface area contributed by atoms with E-state index in [0.29, 0.717) is 28.8 Å². The maximum absolute atomic E-state index is 11.7. The van der Waals surface area contributed by atoms with Crippen LogP contribution >= 0.6 is 23.5 Å². The number of fused-ring (bicyclic) bond motifs is 1. The van der Waals surface area contributed by atoms with E-state index < -0.39 is 5.97 Å². The number of hydrogen-bond acceptors (Lipinski definition) is 6. The highest BCUT2D eigenvalue weighted by Crippen LogP contribution is 2.43. The van der Waals surface area contributed by atoms with Gasteiger partial charge in [0.25, 0.3) is 0 Å². The number of nitrogens with zero attached hydrogens (tertiary/aromatic N) is 1. The van der Waals surface area contributed by atoms with E-state index in [-0.39, 0.29) is 11.7 Å². The lowest BCUT2D eigenvalue weighted by atomic mass is 10.4. The van der Waals surface area contributed by atoms with Gasteiger partial charge in [-0.2, -0.15) is 0 Å². The number of esters is 1. The van der Waals surface area contributed by atoms with Crippen LogP contribution in [0.4, 0.5) is 0 Å². The fourth-order valence-corrected chi connectivity index (χ4v) is 3.72. The molecule has 5 nitrogen and oxygen atoms in total. The number of aliphatic carboxylic acids is 1. The quantitative estimate of drug-likeness (QED) is 0.780. The van der Waals surface area contributed by atoms with Gasteiger partial charge in [-0.25, -0.2) is 9.59 Å². The number of carboxylic acid groups (broad SMARTS) is 1. The molecule has 0 bridgehead atoms. The molecule has 0 saturated heterocycles. The van der Waals surface area contributed by atoms with Gasteiger partial charge in [-0.05, 0) is 6.92 Å². The van der Waals surface area contributed by atoms with Crippen molar-refractivity contribution < 1.29 is 19.4 Å². The zero-order valence-electron chi connectivity index (χ0n) is 9.13. The molecule has 2 aliphatic rings. The third-order valence-electron chi connectivity index (χ3n) is 2.25. The zero-order chi connectivity index (χ0) is 12.4. The Hall–Kier alpha value is -1.08. The molecule has 2 rings (SSSR count). The minimum atomic E-state index is -0.970. The number of rotatable bonds is 3. The number of ether oxygens (including phenoxy) is 1. The SMILES string of the molecule is CCOC(=O)C1=C2SC=C(C(=O)O)N2CCS1. The molecule has 2 aliphatic heterocycles. The van der Waals surface area contributed by atoms with E-state index in [1.54, 1.807) is 17.2 Å². The van der Waals surface area contributed by atoms with Crippen molar-refractivity contribution in [2.24, 2.45) is 0 Å². The topological polar surface area (TPSA) is 66.8 Å². The lowest BCUT2D eigenvalue weighted by Gasteiger charge is -2.27. The van der Waals surface area contributed by atoms with Crippen LogP contribution in [-0.2, 0) is 14.3 Å². The van der Waals surface area contributed by atoms with Gasteiger partial charge in [0, 0.05) is 17.7 Å². The Morgan fingerprint density at radius 3 is 3.00 bits per heavy atom. The average Bonchev–Trinajstić information content (AvgIpc) is 2.72. The van der Waals surface area contributed by atoms with Gasteiger partial charge in [-0.3, -0.25) is 0 Å². The summed E-state index contributed by atoms with van der Waals surface area (Å²) in [6.45, 7) is 2.67. The molecule has 0 aromatic carbocycles. The van der Waals surface area contributed by atoms with E-state index in [1.807, 2.05) is 0 Å². The van der Waals surface area contributed by atoms with Crippen molar-refractivity contribution in [3.05, 3.63) is 21.0 Å². The molecule has 92 valence electrons. The second-order valence-electron chi connectivity index (χ2n) is 3.28. The molecule has 17 heavy (non-hydrogen) atoms. The Kier molecular flexibility index (Phi) is 3.68. The molecule has 0 amide bonds. The number of hydrogen-bond donors (Lipinski definition) is 1. The van der Waals surface area contributed by atoms with Crippen molar-refractivity contribution in [3.63, 3.8) is 0 Å². The summed E-state index contributed by atoms with van der Waals surface area (Å²) in [5, 5.41) is 11.2. The van der Waals surface area contributed by atoms with Crippen LogP contribution in [0, 0.1) is 0 Å². The Labute approximate surface area is 107 Å². The van der Waals surface area contributed by atoms with Crippen molar-refractivity contribution >= 4 is 35.5 Å². The van der Waals surface area contributed by atoms with Crippen molar-refractivity contribution in [1.29, 1.82) is 0 Å². The second-order valence-corrected chi connectivity index (χ2v) is 5.24. The van der Waals surface area contributed by atoms with E-state index in [1.165, 1.54) is 23.5 Å². The Balaban J connectivity index is 2.27. The highest BCUT2D eigenvalue weighted by molar-refractivity contribution is 8.09. The number of thioether (sulfide) groups is 2. The fraction of sp³-hybridized carbons (Fsp3) is 0.400. The largest absolute Gasteiger partial charge is 0.477 e. The molecule has 0 saturated carbocycles. The standard InChI is InChI=1S/C10H11NO4S2/c1-2-15-10(14)7-8-11(3-4-16-7)6(5-17-8)9(12)13/h5H,2-4H2,1H3,(H,12,13). The van der Waals surface area contributed by atoms with E-state index in [9.17, 15) is 9.59 Å². The molecular weight excluding hydrogens is 262 g/mol. The smallest absolute Gasteiger partial charge is 0.353 e. The summed E-state index contributed by atoms with van der Waals surface area (Å²) in [7, 11) is 0. The predicted octanol–water partition coefficient (Wildman–Crippen LogP) is 1.44. The molecule has 1 N–H and O–H groups in total. The third kappa shape index (κ3) is 2.30. The van der Waals surface area contributed by atoms with Gasteiger partial charge in [-0.15, -0.1) is 11.8 Å². The first-order valence-electron chi connectivity index (χ1n) is 5.07. The first-order chi connectivity index (χ1) is 8.15. The number of carbonyl (C=O) groups is 2. The maximum Gasteiger partial charge on any atom is 0.353 e. The molecule has 0 atom stereocenters. The highest BCUT2D eigenvalue weighted by atomic mass is 32.2. The summed E-state index contributed by atoms with van der Waals surface area (Å²) < 4.78 is 4.96. The van der Waals surface area contributed by atoms with Crippen LogP contribution in [0.15, 0.2) is 21.0 Å². The van der Waals surface area contributed by atoms with Crippen LogP contribution < -0.4 is 0 Å². The summed E-state index contributed by atoms with van der Waals surface area (Å²) in [5.74, 6) is -0.657. The summed E-state index contributed by atoms with van der Waals surface area (Å²) in [4.78, 5) is 24.9. The average molecular weight is 273 g/mol. The molecule has 0 radical (unpaired) electrons. The van der Waals surface area contributed by atoms with Gasteiger partial charge in [0.05, 0.1) is 6.61 Å². The predicted molar refractivity (Wildman–Crippen MR) is 66.1 cm³/mol. The van der Waals surface area contributed by atoms with Crippen LogP contribution in [0.5, 0.6) is 0 Å². The summed E-state index contributed by atoms with van der Waals surface area (Å²) >= 11 is 2.68. The van der Waals surface area contributed by atoms with Crippen LogP contribution in [0.1, 0.15) is 6.92 Å². The Morgan fingerprint density at radius 1 is 1.59 bits per heavy atom. The third-order valence-corrected chi connectivity index (χ3v) is 4.41. The molecule has 0 aliphatic carbocycles. The van der Waals surface area contributed by atoms with E-state index in [2.05, 4.69) is 0 Å². The van der Waals surface area contributed by atoms with Crippen LogP contribution in [0.25, 0.3) is 0 Å². The molecule has 7 heteroatoms. The van der Waals surface area contributed by atoms with Crippen molar-refractivity contribution in [2.45, 2.75) is 6.92 Å². The summed E-state index contributed by atoms with van der Waals surface area (Å²) in [5.41, 5.74) is 0.229. The zero-order valence-corrected chi connectivity index (χ0v) is 10.8. The number of carboxylic acids is 1. The van der Waals surface area contributed by atoms with Crippen molar-refractivity contribution in [1.82, 2.24) is 4.90 Å². The molecule has 0 aromatic heterocycles. The minimum absolute atomic E-state index is 0.229. The van der Waals surface area contributed by atoms with Gasteiger partial charge >= 0.3 is 11.9 Å². The van der Waals surface area contributed by atoms with Gasteiger partial charge in [0.1, 0.15) is 15.6 Å². The van der Waals surface area contributed by atoms with E-state index in [4.69, 9.17) is 9.84 Å². The highest BCUT2D eigenvalue weighted by Gasteiger charge is 2.34. The first-order valence-corrected chi connectivity index (χ1v) is 6.93. The molecular formula is C10H11NO4S2. The van der Waals surface area contributed by atoms with Crippen LogP contribution in [-0.4, -0.2) is 40.8 Å². The normalized spacial score (nSPS) is 18.9. The summed E-state index contributed by atoms with van der Waals surface area (Å²) in [6, 6.07) is 0. The lowest BCUT2D eigenvalue weighted by molar-refractivity contribution is -0.138. The van der Waals surface area contributed by atoms with Gasteiger partial charge in [-0.1, -0.05) is 11.8 Å². The molecule has 0 aromatic rings. The van der Waals surface area contributed by atoms with Gasteiger partial charge in [0.15, 0.2) is 0 Å². The second kappa shape index (κ2) is 5.05. The molecule has 0 fully saturated rings. The van der Waals surface area contributed by atoms with E-state index in [0.717, 1.165) is 0 Å². The Morgan fingerprint density at radius 2 is 2.35 bits per heavy atom.